The van der Waals surface area contributed by atoms with Crippen LogP contribution in [0.1, 0.15) is 294 Å². The maximum atomic E-state index is 13.5. The lowest BCUT2D eigenvalue weighted by atomic mass is 9.72. The number of ether oxygens (including phenoxy) is 2. The molecular formula is C76H124NO8P. The fourth-order valence-electron chi connectivity index (χ4n) is 12.2. The first-order valence-electron chi connectivity index (χ1n) is 34.6. The number of hydrogen-bond acceptors (Lipinski definition) is 8. The van der Waals surface area contributed by atoms with Gasteiger partial charge in [-0.1, -0.05) is 296 Å². The molecule has 2 unspecified atom stereocenters. The Morgan fingerprint density at radius 1 is 0.593 bits per heavy atom. The summed E-state index contributed by atoms with van der Waals surface area (Å²) >= 11 is 0. The minimum absolute atomic E-state index is 0.138. The van der Waals surface area contributed by atoms with Crippen molar-refractivity contribution in [1.82, 2.24) is 4.90 Å². The van der Waals surface area contributed by atoms with E-state index in [-0.39, 0.29) is 42.9 Å². The molecule has 0 spiro atoms. The Bertz CT molecular complexity index is 2320. The van der Waals surface area contributed by atoms with Crippen LogP contribution in [0.25, 0.3) is 0 Å². The van der Waals surface area contributed by atoms with E-state index >= 15 is 0 Å². The molecule has 9 nitrogen and oxygen atoms in total. The molecule has 0 saturated carbocycles. The summed E-state index contributed by atoms with van der Waals surface area (Å²) in [5, 5.41) is 0. The lowest BCUT2D eigenvalue weighted by Crippen LogP contribution is -2.33. The predicted octanol–water partition coefficient (Wildman–Crippen LogP) is 22.7. The Kier molecular flexibility index (Phi) is 39.4. The summed E-state index contributed by atoms with van der Waals surface area (Å²) < 4.78 is 35.7. The zero-order valence-corrected chi connectivity index (χ0v) is 57.5. The summed E-state index contributed by atoms with van der Waals surface area (Å²) in [6.07, 6.45) is 67.1. The molecule has 3 aliphatic rings. The summed E-state index contributed by atoms with van der Waals surface area (Å²) in [5.74, 6) is -1.06. The van der Waals surface area contributed by atoms with Gasteiger partial charge in [0.15, 0.2) is 0 Å². The molecule has 1 N–H and O–H groups in total. The minimum Gasteiger partial charge on any atom is -0.423 e. The van der Waals surface area contributed by atoms with Crippen molar-refractivity contribution in [2.24, 2.45) is 10.8 Å². The van der Waals surface area contributed by atoms with Crippen molar-refractivity contribution in [1.29, 1.82) is 0 Å². The molecule has 0 aromatic heterocycles. The van der Waals surface area contributed by atoms with Crippen molar-refractivity contribution in [3.8, 4) is 0 Å². The molecule has 0 aromatic rings. The highest BCUT2D eigenvalue weighted by atomic mass is 31.2. The highest BCUT2D eigenvalue weighted by molar-refractivity contribution is 7.47. The number of unbranched alkanes of at least 4 members (excludes halogenated alkanes) is 24. The van der Waals surface area contributed by atoms with Crippen molar-refractivity contribution >= 4 is 19.8 Å². The molecule has 486 valence electrons. The van der Waals surface area contributed by atoms with Crippen molar-refractivity contribution < 1.29 is 37.6 Å². The number of esters is 2. The van der Waals surface area contributed by atoms with Crippen LogP contribution in [-0.4, -0.2) is 53.8 Å². The van der Waals surface area contributed by atoms with E-state index in [1.165, 1.54) is 175 Å². The van der Waals surface area contributed by atoms with E-state index in [0.29, 0.717) is 12.8 Å². The number of nitrogens with zero attached hydrogens (tertiary/aromatic N) is 1. The van der Waals surface area contributed by atoms with E-state index < -0.39 is 32.7 Å². The summed E-state index contributed by atoms with van der Waals surface area (Å²) in [5.41, 5.74) is 10.7. The van der Waals surface area contributed by atoms with Crippen LogP contribution in [0.2, 0.25) is 0 Å². The Hall–Kier alpha value is -4.01. The van der Waals surface area contributed by atoms with Crippen LogP contribution in [0.5, 0.6) is 0 Å². The molecule has 1 aliphatic heterocycles. The second kappa shape index (κ2) is 44.4. The molecule has 0 fully saturated rings. The van der Waals surface area contributed by atoms with Gasteiger partial charge in [0.25, 0.3) is 6.29 Å². The van der Waals surface area contributed by atoms with E-state index in [1.807, 2.05) is 12.3 Å². The molecule has 3 rings (SSSR count). The fourth-order valence-corrected chi connectivity index (χ4v) is 12.9. The molecular weight excluding hydrogens is 1090 g/mol. The van der Waals surface area contributed by atoms with Crippen LogP contribution in [-0.2, 0) is 32.7 Å². The Labute approximate surface area is 526 Å². The minimum atomic E-state index is -4.68. The Balaban J connectivity index is 1.65. The van der Waals surface area contributed by atoms with E-state index in [1.54, 1.807) is 0 Å². The molecule has 86 heavy (non-hydrogen) atoms. The maximum absolute atomic E-state index is 13.5. The third-order valence-corrected chi connectivity index (χ3v) is 18.6. The van der Waals surface area contributed by atoms with Crippen molar-refractivity contribution in [2.75, 3.05) is 19.8 Å². The normalized spacial score (nSPS) is 18.7. The number of phosphoric acid groups is 1. The SMILES string of the molecule is CCCCCCCCCCCCCCCC(=O)OC(COP(=O)(O)OCCN1C=CC(C=CC=C(C)C=CC2=C(C)CCCC2(C)C)=CC1C=C(C)C=CC=C(C)C=CC1=C(C)CCCC1(C)C)OC(=O)CCCCCCCCCCCCCCC. The van der Waals surface area contributed by atoms with E-state index in [4.69, 9.17) is 18.5 Å². The number of phosphoric ester groups is 1. The lowest BCUT2D eigenvalue weighted by molar-refractivity contribution is -0.193. The van der Waals surface area contributed by atoms with Crippen LogP contribution in [0, 0.1) is 10.8 Å². The van der Waals surface area contributed by atoms with E-state index in [0.717, 1.165) is 62.5 Å². The summed E-state index contributed by atoms with van der Waals surface area (Å²) in [6.45, 7) is 24.3. The van der Waals surface area contributed by atoms with Crippen LogP contribution in [0.3, 0.4) is 0 Å². The maximum Gasteiger partial charge on any atom is 0.472 e. The summed E-state index contributed by atoms with van der Waals surface area (Å²) in [4.78, 5) is 39.3. The number of rotatable bonds is 46. The van der Waals surface area contributed by atoms with Gasteiger partial charge in [-0.3, -0.25) is 18.6 Å². The van der Waals surface area contributed by atoms with Crippen LogP contribution < -0.4 is 0 Å². The highest BCUT2D eigenvalue weighted by Gasteiger charge is 2.30. The molecule has 2 atom stereocenters. The van der Waals surface area contributed by atoms with Crippen molar-refractivity contribution in [3.63, 3.8) is 0 Å². The monoisotopic (exact) mass is 1210 g/mol. The molecule has 0 bridgehead atoms. The van der Waals surface area contributed by atoms with Gasteiger partial charge in [0.1, 0.15) is 6.61 Å². The first-order valence-corrected chi connectivity index (χ1v) is 36.1. The van der Waals surface area contributed by atoms with Gasteiger partial charge < -0.3 is 19.3 Å². The predicted molar refractivity (Wildman–Crippen MR) is 365 cm³/mol. The van der Waals surface area contributed by atoms with Crippen molar-refractivity contribution in [3.05, 3.63) is 130 Å². The lowest BCUT2D eigenvalue weighted by Gasteiger charge is -2.33. The molecule has 2 aliphatic carbocycles. The first kappa shape index (κ1) is 76.2. The van der Waals surface area contributed by atoms with Crippen LogP contribution in [0.15, 0.2) is 130 Å². The van der Waals surface area contributed by atoms with Gasteiger partial charge in [-0.15, -0.1) is 0 Å². The van der Waals surface area contributed by atoms with Gasteiger partial charge in [-0.2, -0.15) is 0 Å². The van der Waals surface area contributed by atoms with Gasteiger partial charge in [0.05, 0.1) is 12.6 Å². The van der Waals surface area contributed by atoms with Crippen molar-refractivity contribution in [2.45, 2.75) is 307 Å². The van der Waals surface area contributed by atoms with E-state index in [2.05, 4.69) is 154 Å². The third kappa shape index (κ3) is 34.7. The number of carbonyl (C=O) groups excluding carboxylic acids is 2. The summed E-state index contributed by atoms with van der Waals surface area (Å²) in [6, 6.07) is -0.193. The summed E-state index contributed by atoms with van der Waals surface area (Å²) in [7, 11) is -4.68. The standard InChI is InChI=1S/C76H124NO8P/c1-12-14-16-18-20-22-24-26-28-30-32-34-36-48-72(78)84-74(85-73(79)49-37-35-33-31-29-27-25-23-21-19-17-15-13-2)62-83-86(80,81)82-59-58-77-57-54-68(47-39-43-64(4)51-53-71-67(7)46-41-56-76(71,10)11)61-69(77)60-65(5)44-38-42-63(3)50-52-70-66(6)45-40-55-75(70,8)9/h38-39,42-44,47,50-54,57,60-61,69,74H,12-37,40-41,45-46,48-49,55-56,58-59,62H2,1-11H3,(H,80,81). The second-order valence-electron chi connectivity index (χ2n) is 26.7. The smallest absolute Gasteiger partial charge is 0.423 e. The van der Waals surface area contributed by atoms with Crippen LogP contribution >= 0.6 is 7.82 Å². The second-order valence-corrected chi connectivity index (χ2v) is 28.1. The van der Waals surface area contributed by atoms with Gasteiger partial charge in [0.2, 0.25) is 0 Å². The molecule has 10 heteroatoms. The molecule has 0 aromatic carbocycles. The van der Waals surface area contributed by atoms with Gasteiger partial charge in [0, 0.05) is 25.6 Å². The number of carbonyl (C=O) groups is 2. The van der Waals surface area contributed by atoms with Gasteiger partial charge >= 0.3 is 19.8 Å². The van der Waals surface area contributed by atoms with Gasteiger partial charge in [-0.05, 0) is 120 Å². The topological polar surface area (TPSA) is 112 Å². The molecule has 1 heterocycles. The fraction of sp³-hybridized carbons (Fsp3) is 0.684. The third-order valence-electron chi connectivity index (χ3n) is 17.6. The zero-order chi connectivity index (χ0) is 62.9. The molecule has 0 amide bonds. The van der Waals surface area contributed by atoms with Gasteiger partial charge in [-0.25, -0.2) is 4.57 Å². The van der Waals surface area contributed by atoms with E-state index in [9.17, 15) is 19.0 Å². The Morgan fingerprint density at radius 3 is 1.44 bits per heavy atom. The Morgan fingerprint density at radius 2 is 1.01 bits per heavy atom. The zero-order valence-electron chi connectivity index (χ0n) is 56.6. The number of allylic oxidation sites excluding steroid dienone is 19. The average Bonchev–Trinajstić information content (AvgIpc) is 3.42. The molecule has 0 radical (unpaired) electrons. The van der Waals surface area contributed by atoms with Crippen LogP contribution in [0.4, 0.5) is 0 Å². The average molecular weight is 1210 g/mol. The molecule has 0 saturated heterocycles. The number of hydrogen-bond donors (Lipinski definition) is 1. The largest absolute Gasteiger partial charge is 0.472 e. The highest BCUT2D eigenvalue weighted by Crippen LogP contribution is 2.44. The quantitative estimate of drug-likeness (QED) is 0.0209. The first-order chi connectivity index (χ1) is 41.2.